The molecule has 0 atom stereocenters. The van der Waals surface area contributed by atoms with Crippen LogP contribution in [0.4, 0.5) is 13.6 Å². The Hall–Kier alpha value is -2.60. The van der Waals surface area contributed by atoms with Gasteiger partial charge in [0.15, 0.2) is 11.6 Å². The van der Waals surface area contributed by atoms with Gasteiger partial charge in [-0.15, -0.1) is 4.83 Å². The molecule has 11 heteroatoms. The molecule has 0 aromatic heterocycles. The van der Waals surface area contributed by atoms with E-state index in [4.69, 9.17) is 4.74 Å². The topological polar surface area (TPSA) is 99.8 Å². The highest BCUT2D eigenvalue weighted by molar-refractivity contribution is 7.89. The van der Waals surface area contributed by atoms with Crippen LogP contribution in [0.15, 0.2) is 41.3 Å². The Labute approximate surface area is 173 Å². The van der Waals surface area contributed by atoms with Gasteiger partial charge in [-0.25, -0.2) is 27.4 Å². The minimum atomic E-state index is -3.87. The minimum absolute atomic E-state index is 0.0332. The van der Waals surface area contributed by atoms with Gasteiger partial charge in [0, 0.05) is 38.3 Å². The van der Waals surface area contributed by atoms with Gasteiger partial charge in [0.2, 0.25) is 5.75 Å². The molecule has 2 aromatic rings. The van der Waals surface area contributed by atoms with Gasteiger partial charge in [0.25, 0.3) is 10.0 Å². The highest BCUT2D eigenvalue weighted by Gasteiger charge is 2.23. The number of hydrazine groups is 1. The van der Waals surface area contributed by atoms with E-state index < -0.39 is 33.5 Å². The number of rotatable bonds is 6. The van der Waals surface area contributed by atoms with Crippen LogP contribution in [-0.2, 0) is 16.6 Å². The van der Waals surface area contributed by atoms with Crippen LogP contribution < -0.4 is 20.3 Å². The van der Waals surface area contributed by atoms with Gasteiger partial charge in [0.1, 0.15) is 0 Å². The van der Waals surface area contributed by atoms with Gasteiger partial charge in [0.05, 0.1) is 4.90 Å². The second kappa shape index (κ2) is 9.47. The van der Waals surface area contributed by atoms with Crippen LogP contribution >= 0.6 is 0 Å². The van der Waals surface area contributed by atoms with Crippen LogP contribution in [0, 0.1) is 18.6 Å². The molecule has 2 aromatic carbocycles. The largest absolute Gasteiger partial charge is 0.415 e. The first-order valence-corrected chi connectivity index (χ1v) is 10.7. The maximum atomic E-state index is 14.7. The molecular weight excluding hydrogens is 418 g/mol. The van der Waals surface area contributed by atoms with Crippen molar-refractivity contribution >= 4 is 16.1 Å². The van der Waals surface area contributed by atoms with Crippen LogP contribution in [0.25, 0.3) is 0 Å². The normalized spacial score (nSPS) is 14.6. The molecule has 8 nitrogen and oxygen atoms in total. The number of sulfonamides is 1. The van der Waals surface area contributed by atoms with E-state index in [-0.39, 0.29) is 17.0 Å². The van der Waals surface area contributed by atoms with Gasteiger partial charge >= 0.3 is 6.09 Å². The summed E-state index contributed by atoms with van der Waals surface area (Å²) in [4.78, 5) is 15.7. The molecule has 162 valence electrons. The number of halogens is 2. The Balaban J connectivity index is 1.66. The average molecular weight is 440 g/mol. The van der Waals surface area contributed by atoms with Crippen molar-refractivity contribution in [1.29, 1.82) is 0 Å². The summed E-state index contributed by atoms with van der Waals surface area (Å²) in [5.74, 6) is -2.93. The lowest BCUT2D eigenvalue weighted by Crippen LogP contribution is -2.47. The SMILES string of the molecule is Cc1ccc(S(=O)(=O)NNCc2ccc(F)c(OC(=O)N3CCNCC3)c2F)cc1. The number of carbonyl (C=O) groups is 1. The van der Waals surface area contributed by atoms with E-state index in [0.717, 1.165) is 17.7 Å². The van der Waals surface area contributed by atoms with Crippen molar-refractivity contribution < 1.29 is 26.7 Å². The summed E-state index contributed by atoms with van der Waals surface area (Å²) in [6.07, 6.45) is -0.848. The van der Waals surface area contributed by atoms with Gasteiger partial charge in [-0.1, -0.05) is 23.8 Å². The van der Waals surface area contributed by atoms with Crippen LogP contribution in [-0.4, -0.2) is 45.6 Å². The number of carbonyl (C=O) groups excluding carboxylic acids is 1. The number of nitrogens with zero attached hydrogens (tertiary/aromatic N) is 1. The van der Waals surface area contributed by atoms with E-state index >= 15 is 0 Å². The number of hydrogen-bond donors (Lipinski definition) is 3. The maximum Gasteiger partial charge on any atom is 0.415 e. The molecule has 0 saturated carbocycles. The number of hydrogen-bond acceptors (Lipinski definition) is 6. The van der Waals surface area contributed by atoms with Crippen LogP contribution in [0.5, 0.6) is 5.75 Å². The summed E-state index contributed by atoms with van der Waals surface area (Å²) < 4.78 is 58.2. The van der Waals surface area contributed by atoms with E-state index in [9.17, 15) is 22.0 Å². The fraction of sp³-hybridized carbons (Fsp3) is 0.316. The quantitative estimate of drug-likeness (QED) is 0.591. The first-order valence-electron chi connectivity index (χ1n) is 9.23. The van der Waals surface area contributed by atoms with Crippen LogP contribution in [0.1, 0.15) is 11.1 Å². The fourth-order valence-corrected chi connectivity index (χ4v) is 3.68. The second-order valence-electron chi connectivity index (χ2n) is 6.73. The molecule has 1 saturated heterocycles. The fourth-order valence-electron chi connectivity index (χ4n) is 2.81. The van der Waals surface area contributed by atoms with Crippen molar-refractivity contribution in [2.45, 2.75) is 18.4 Å². The molecular formula is C19H22F2N4O4S. The molecule has 0 bridgehead atoms. The lowest BCUT2D eigenvalue weighted by atomic mass is 10.2. The lowest BCUT2D eigenvalue weighted by Gasteiger charge is -2.26. The van der Waals surface area contributed by atoms with Crippen LogP contribution in [0.3, 0.4) is 0 Å². The molecule has 3 N–H and O–H groups in total. The van der Waals surface area contributed by atoms with Gasteiger partial charge in [-0.3, -0.25) is 0 Å². The third-order valence-corrected chi connectivity index (χ3v) is 5.82. The van der Waals surface area contributed by atoms with Crippen molar-refractivity contribution in [2.75, 3.05) is 26.2 Å². The van der Waals surface area contributed by atoms with Gasteiger partial charge in [-0.2, -0.15) is 0 Å². The zero-order chi connectivity index (χ0) is 21.7. The van der Waals surface area contributed by atoms with Gasteiger partial charge < -0.3 is 15.0 Å². The Morgan fingerprint density at radius 1 is 1.13 bits per heavy atom. The van der Waals surface area contributed by atoms with E-state index in [1.165, 1.54) is 17.0 Å². The number of piperazine rings is 1. The molecule has 0 spiro atoms. The molecule has 0 radical (unpaired) electrons. The summed E-state index contributed by atoms with van der Waals surface area (Å²) in [5.41, 5.74) is 3.22. The predicted octanol–water partition coefficient (Wildman–Crippen LogP) is 1.66. The summed E-state index contributed by atoms with van der Waals surface area (Å²) in [6.45, 7) is 3.38. The standard InChI is InChI=1S/C19H22F2N4O4S/c1-13-2-5-15(6-3-13)30(27,28)24-23-12-14-4-7-16(20)18(17(14)21)29-19(26)25-10-8-22-9-11-25/h2-7,22-24H,8-12H2,1H3. The highest BCUT2D eigenvalue weighted by atomic mass is 32.2. The Morgan fingerprint density at radius 3 is 2.47 bits per heavy atom. The van der Waals surface area contributed by atoms with Crippen molar-refractivity contribution in [3.8, 4) is 5.75 Å². The Bertz CT molecular complexity index is 1010. The number of ether oxygens (including phenoxy) is 1. The summed E-state index contributed by atoms with van der Waals surface area (Å²) >= 11 is 0. The number of amides is 1. The van der Waals surface area contributed by atoms with Crippen molar-refractivity contribution in [2.24, 2.45) is 0 Å². The van der Waals surface area contributed by atoms with Gasteiger partial charge in [-0.05, 0) is 25.1 Å². The Kier molecular flexibility index (Phi) is 6.98. The third kappa shape index (κ3) is 5.30. The number of benzene rings is 2. The summed E-state index contributed by atoms with van der Waals surface area (Å²) in [7, 11) is -3.87. The highest BCUT2D eigenvalue weighted by Crippen LogP contribution is 2.25. The number of aryl methyl sites for hydroxylation is 1. The summed E-state index contributed by atoms with van der Waals surface area (Å²) in [5, 5.41) is 3.05. The molecule has 0 aliphatic carbocycles. The predicted molar refractivity (Wildman–Crippen MR) is 105 cm³/mol. The molecule has 1 heterocycles. The maximum absolute atomic E-state index is 14.7. The first kappa shape index (κ1) is 22.1. The molecule has 30 heavy (non-hydrogen) atoms. The third-order valence-electron chi connectivity index (χ3n) is 4.51. The molecule has 1 aliphatic rings. The molecule has 1 fully saturated rings. The van der Waals surface area contributed by atoms with Crippen molar-refractivity contribution in [3.05, 3.63) is 59.2 Å². The molecule has 1 amide bonds. The zero-order valence-corrected chi connectivity index (χ0v) is 17.1. The first-order chi connectivity index (χ1) is 14.3. The monoisotopic (exact) mass is 440 g/mol. The average Bonchev–Trinajstić information content (AvgIpc) is 2.73. The van der Waals surface area contributed by atoms with E-state index in [1.54, 1.807) is 12.1 Å². The second-order valence-corrected chi connectivity index (χ2v) is 8.41. The van der Waals surface area contributed by atoms with E-state index in [1.807, 2.05) is 6.92 Å². The van der Waals surface area contributed by atoms with Crippen molar-refractivity contribution in [3.63, 3.8) is 0 Å². The van der Waals surface area contributed by atoms with Crippen molar-refractivity contribution in [1.82, 2.24) is 20.5 Å². The number of nitrogens with one attached hydrogen (secondary N) is 3. The minimum Gasteiger partial charge on any atom is -0.404 e. The van der Waals surface area contributed by atoms with E-state index in [2.05, 4.69) is 15.6 Å². The molecule has 3 rings (SSSR count). The molecule has 0 unspecified atom stereocenters. The van der Waals surface area contributed by atoms with Crippen LogP contribution in [0.2, 0.25) is 0 Å². The summed E-state index contributed by atoms with van der Waals surface area (Å²) in [6, 6.07) is 8.26. The molecule has 1 aliphatic heterocycles. The zero-order valence-electron chi connectivity index (χ0n) is 16.2. The Morgan fingerprint density at radius 2 is 1.80 bits per heavy atom. The smallest absolute Gasteiger partial charge is 0.404 e. The van der Waals surface area contributed by atoms with E-state index in [0.29, 0.717) is 26.2 Å². The lowest BCUT2D eigenvalue weighted by molar-refractivity contribution is 0.142.